The summed E-state index contributed by atoms with van der Waals surface area (Å²) in [6.45, 7) is 4.28. The zero-order valence-corrected chi connectivity index (χ0v) is 25.2. The lowest BCUT2D eigenvalue weighted by Gasteiger charge is -2.26. The molecule has 2 N–H and O–H groups in total. The molecule has 9 nitrogen and oxygen atoms in total. The summed E-state index contributed by atoms with van der Waals surface area (Å²) < 4.78 is 10.7. The van der Waals surface area contributed by atoms with Gasteiger partial charge in [0, 0.05) is 24.1 Å². The van der Waals surface area contributed by atoms with Crippen LogP contribution in [0.15, 0.2) is 47.5 Å². The Morgan fingerprint density at radius 1 is 1.07 bits per heavy atom. The minimum Gasteiger partial charge on any atom is -0.497 e. The summed E-state index contributed by atoms with van der Waals surface area (Å²) in [7, 11) is 1.59. The molecule has 9 heteroatoms. The van der Waals surface area contributed by atoms with E-state index in [9.17, 15) is 19.2 Å². The molecule has 5 rings (SSSR count). The summed E-state index contributed by atoms with van der Waals surface area (Å²) in [5.41, 5.74) is 2.41. The smallest absolute Gasteiger partial charge is 0.251 e. The third-order valence-electron chi connectivity index (χ3n) is 8.96. The van der Waals surface area contributed by atoms with Gasteiger partial charge >= 0.3 is 0 Å². The molecule has 2 aliphatic heterocycles. The van der Waals surface area contributed by atoms with E-state index in [1.54, 1.807) is 39.3 Å². The molecule has 1 aliphatic carbocycles. The van der Waals surface area contributed by atoms with Crippen LogP contribution >= 0.6 is 0 Å². The topological polar surface area (TPSA) is 126 Å². The third kappa shape index (κ3) is 7.57. The minimum absolute atomic E-state index is 0.0879. The summed E-state index contributed by atoms with van der Waals surface area (Å²) >= 11 is 0. The maximum Gasteiger partial charge on any atom is 0.251 e. The van der Waals surface area contributed by atoms with Crippen LogP contribution in [0.4, 0.5) is 0 Å². The molecular weight excluding hydrogens is 546 g/mol. The first-order valence-electron chi connectivity index (χ1n) is 15.2. The van der Waals surface area contributed by atoms with Gasteiger partial charge in [0.2, 0.25) is 5.91 Å². The fraction of sp³-hybridized carbons (Fsp3) is 0.500. The molecule has 1 saturated carbocycles. The Bertz CT molecular complexity index is 1390. The number of hydrogen-bond donors (Lipinski definition) is 2. The second-order valence-electron chi connectivity index (χ2n) is 12.3. The van der Waals surface area contributed by atoms with E-state index in [2.05, 4.69) is 15.6 Å². The average Bonchev–Trinajstić information content (AvgIpc) is 3.36. The van der Waals surface area contributed by atoms with Crippen molar-refractivity contribution >= 4 is 29.6 Å². The highest BCUT2D eigenvalue weighted by molar-refractivity contribution is 6.00. The molecule has 228 valence electrons. The van der Waals surface area contributed by atoms with Gasteiger partial charge in [-0.15, -0.1) is 0 Å². The number of benzene rings is 2. The Kier molecular flexibility index (Phi) is 9.40. The number of ether oxygens (including phenoxy) is 2. The van der Waals surface area contributed by atoms with E-state index in [1.807, 2.05) is 30.3 Å². The average molecular weight is 588 g/mol. The van der Waals surface area contributed by atoms with Gasteiger partial charge in [-0.1, -0.05) is 43.9 Å². The molecule has 2 heterocycles. The Morgan fingerprint density at radius 3 is 2.47 bits per heavy atom. The first-order valence-corrected chi connectivity index (χ1v) is 15.2. The Morgan fingerprint density at radius 2 is 1.79 bits per heavy atom. The van der Waals surface area contributed by atoms with E-state index >= 15 is 0 Å². The molecule has 2 amide bonds. The van der Waals surface area contributed by atoms with E-state index < -0.39 is 23.6 Å². The minimum atomic E-state index is -0.861. The quantitative estimate of drug-likeness (QED) is 0.322. The largest absolute Gasteiger partial charge is 0.497 e. The molecule has 2 aromatic rings. The lowest BCUT2D eigenvalue weighted by Crippen LogP contribution is -2.49. The van der Waals surface area contributed by atoms with Crippen molar-refractivity contribution in [3.63, 3.8) is 0 Å². The maximum atomic E-state index is 13.8. The summed E-state index contributed by atoms with van der Waals surface area (Å²) in [4.78, 5) is 57.9. The number of rotatable bonds is 14. The van der Waals surface area contributed by atoms with Crippen molar-refractivity contribution < 1.29 is 28.7 Å². The summed E-state index contributed by atoms with van der Waals surface area (Å²) in [6.07, 6.45) is 6.90. The van der Waals surface area contributed by atoms with Crippen molar-refractivity contribution in [2.75, 3.05) is 13.7 Å². The molecule has 43 heavy (non-hydrogen) atoms. The normalized spacial score (nSPS) is 21.0. The molecule has 4 atom stereocenters. The zero-order chi connectivity index (χ0) is 30.6. The predicted octanol–water partition coefficient (Wildman–Crippen LogP) is 3.99. The van der Waals surface area contributed by atoms with Gasteiger partial charge in [-0.3, -0.25) is 24.2 Å². The number of aliphatic imine (C=N–C) groups is 1. The molecule has 2 fully saturated rings. The molecular formula is C34H41N3O6. The van der Waals surface area contributed by atoms with Crippen molar-refractivity contribution in [3.05, 3.63) is 64.7 Å². The molecule has 0 bridgehead atoms. The van der Waals surface area contributed by atoms with E-state index in [4.69, 9.17) is 9.47 Å². The highest BCUT2D eigenvalue weighted by Gasteiger charge is 2.50. The number of carbonyl (C=O) groups is 4. The van der Waals surface area contributed by atoms with Gasteiger partial charge in [0.05, 0.1) is 32.3 Å². The van der Waals surface area contributed by atoms with Crippen molar-refractivity contribution in [1.82, 2.24) is 10.6 Å². The van der Waals surface area contributed by atoms with Crippen molar-refractivity contribution in [1.29, 1.82) is 0 Å². The predicted molar refractivity (Wildman–Crippen MR) is 162 cm³/mol. The number of epoxide rings is 1. The van der Waals surface area contributed by atoms with Crippen LogP contribution in [-0.4, -0.2) is 61.0 Å². The number of nitrogens with one attached hydrogen (secondary N) is 2. The summed E-state index contributed by atoms with van der Waals surface area (Å²) in [6, 6.07) is 11.2. The van der Waals surface area contributed by atoms with Crippen LogP contribution in [0.5, 0.6) is 5.75 Å². The lowest BCUT2D eigenvalue weighted by molar-refractivity contribution is -0.134. The SMILES string of the molecule is COc1ccc(C[C@H](CC(=O)[C@@H](C)NC(=O)c2ccc3c(c2)CN=C3)C(=O)N[C@@H](CC2CCCC2)C(=O)[C@@]2(C)CO2)cc1. The van der Waals surface area contributed by atoms with Crippen molar-refractivity contribution in [2.24, 2.45) is 16.8 Å². The van der Waals surface area contributed by atoms with Crippen LogP contribution < -0.4 is 15.4 Å². The molecule has 0 unspecified atom stereocenters. The summed E-state index contributed by atoms with van der Waals surface area (Å²) in [5.74, 6) is -0.738. The fourth-order valence-corrected chi connectivity index (χ4v) is 6.06. The Balaban J connectivity index is 1.29. The second kappa shape index (κ2) is 13.2. The standard InChI is InChI=1S/C34H41N3O6/c1-21(36-32(40)24-10-11-25-18-35-19-27(25)16-24)30(38)17-26(14-23-8-12-28(42-3)13-9-23)33(41)37-29(15-22-6-4-5-7-22)31(39)34(2)20-43-34/h8-13,16,18,21-22,26,29H,4-7,14-15,17,19-20H2,1-3H3,(H,36,40)(H,37,41)/t21-,26-,29+,34-/m1/s1. The van der Waals surface area contributed by atoms with E-state index in [0.717, 1.165) is 42.4 Å². The first kappa shape index (κ1) is 30.6. The van der Waals surface area contributed by atoms with Gasteiger partial charge in [0.25, 0.3) is 5.91 Å². The van der Waals surface area contributed by atoms with Crippen LogP contribution in [0.3, 0.4) is 0 Å². The molecule has 1 saturated heterocycles. The van der Waals surface area contributed by atoms with Gasteiger partial charge in [0.1, 0.15) is 11.4 Å². The molecule has 0 aromatic heterocycles. The number of nitrogens with zero attached hydrogens (tertiary/aromatic N) is 1. The first-order chi connectivity index (χ1) is 20.6. The lowest BCUT2D eigenvalue weighted by atomic mass is 9.88. The highest BCUT2D eigenvalue weighted by atomic mass is 16.6. The van der Waals surface area contributed by atoms with Crippen LogP contribution in [0.1, 0.15) is 79.4 Å². The number of carbonyl (C=O) groups excluding carboxylic acids is 4. The number of ketones is 2. The molecule has 0 spiro atoms. The second-order valence-corrected chi connectivity index (χ2v) is 12.3. The van der Waals surface area contributed by atoms with Gasteiger partial charge in [-0.25, -0.2) is 0 Å². The molecule has 2 aromatic carbocycles. The number of hydrogen-bond acceptors (Lipinski definition) is 7. The van der Waals surface area contributed by atoms with Crippen molar-refractivity contribution in [3.8, 4) is 5.75 Å². The number of amides is 2. The van der Waals surface area contributed by atoms with Crippen LogP contribution in [0.25, 0.3) is 0 Å². The van der Waals surface area contributed by atoms with Gasteiger partial charge in [-0.05, 0) is 73.6 Å². The molecule has 3 aliphatic rings. The van der Waals surface area contributed by atoms with E-state index in [-0.39, 0.29) is 29.8 Å². The fourth-order valence-electron chi connectivity index (χ4n) is 6.06. The number of methoxy groups -OCH3 is 1. The van der Waals surface area contributed by atoms with Crippen LogP contribution in [0.2, 0.25) is 0 Å². The van der Waals surface area contributed by atoms with Crippen molar-refractivity contribution in [2.45, 2.75) is 83.0 Å². The number of Topliss-reactive ketones (excluding diaryl/α,β-unsaturated/α-hetero) is 2. The van der Waals surface area contributed by atoms with Crippen LogP contribution in [-0.2, 0) is 32.1 Å². The Labute approximate surface area is 252 Å². The summed E-state index contributed by atoms with van der Waals surface area (Å²) in [5, 5.41) is 5.82. The maximum absolute atomic E-state index is 13.8. The zero-order valence-electron chi connectivity index (χ0n) is 25.2. The monoisotopic (exact) mass is 587 g/mol. The number of fused-ring (bicyclic) bond motifs is 1. The van der Waals surface area contributed by atoms with Crippen LogP contribution in [0, 0.1) is 11.8 Å². The highest BCUT2D eigenvalue weighted by Crippen LogP contribution is 2.34. The third-order valence-corrected chi connectivity index (χ3v) is 8.96. The van der Waals surface area contributed by atoms with Gasteiger partial charge in [-0.2, -0.15) is 0 Å². The van der Waals surface area contributed by atoms with Gasteiger partial charge < -0.3 is 20.1 Å². The van der Waals surface area contributed by atoms with E-state index in [0.29, 0.717) is 43.2 Å². The molecule has 0 radical (unpaired) electrons. The Hall–Kier alpha value is -3.85. The van der Waals surface area contributed by atoms with E-state index in [1.165, 1.54) is 0 Å². The van der Waals surface area contributed by atoms with Gasteiger partial charge in [0.15, 0.2) is 11.6 Å².